The van der Waals surface area contributed by atoms with Gasteiger partial charge in [-0.2, -0.15) is 0 Å². The van der Waals surface area contributed by atoms with Gasteiger partial charge >= 0.3 is 16.5 Å². The van der Waals surface area contributed by atoms with Gasteiger partial charge in [0.1, 0.15) is 0 Å². The molecule has 0 aliphatic carbocycles. The molecule has 0 atom stereocenters. The fourth-order valence-corrected chi connectivity index (χ4v) is 1.56. The minimum Gasteiger partial charge on any atom is -0.467 e. The van der Waals surface area contributed by atoms with Gasteiger partial charge in [-0.3, -0.25) is 0 Å². The van der Waals surface area contributed by atoms with Crippen LogP contribution in [-0.4, -0.2) is 35.8 Å². The summed E-state index contributed by atoms with van der Waals surface area (Å²) in [5.41, 5.74) is 0. The number of amidine groups is 2. The Morgan fingerprint density at radius 2 is 0.857 bits per heavy atom. The van der Waals surface area contributed by atoms with Gasteiger partial charge in [0.25, 0.3) is 0 Å². The molecule has 21 heavy (non-hydrogen) atoms. The second kappa shape index (κ2) is 14.4. The van der Waals surface area contributed by atoms with Gasteiger partial charge in [-0.05, 0) is 38.0 Å². The number of hydrogen-bond acceptors (Lipinski definition) is 2. The molecule has 0 aliphatic heterocycles. The molecule has 0 fully saturated rings. The standard InChI is InChI=1S/2C8H17N2.Ni/c2*1-6(2)9-8(5)10-7(3)4;/h2*6-7H,1-5H3;/q2*-1;+2. The Kier molecular flexibility index (Phi) is 17.4. The van der Waals surface area contributed by atoms with Gasteiger partial charge in [0.2, 0.25) is 0 Å². The minimum absolute atomic E-state index is 0. The number of nitrogens with zero attached hydrogens (tertiary/aromatic N) is 4. The second-order valence-electron chi connectivity index (χ2n) is 5.99. The van der Waals surface area contributed by atoms with E-state index in [9.17, 15) is 0 Å². The fourth-order valence-electron chi connectivity index (χ4n) is 1.56. The Bertz CT molecular complexity index is 265. The predicted octanol–water partition coefficient (Wildman–Crippen LogP) is 5.19. The van der Waals surface area contributed by atoms with Gasteiger partial charge in [0, 0.05) is 0 Å². The summed E-state index contributed by atoms with van der Waals surface area (Å²) in [4.78, 5) is 8.54. The first-order valence-corrected chi connectivity index (χ1v) is 7.55. The zero-order chi connectivity index (χ0) is 16.3. The van der Waals surface area contributed by atoms with Crippen molar-refractivity contribution in [1.82, 2.24) is 0 Å². The van der Waals surface area contributed by atoms with Crippen LogP contribution in [0.25, 0.3) is 10.6 Å². The monoisotopic (exact) mass is 340 g/mol. The summed E-state index contributed by atoms with van der Waals surface area (Å²) in [6, 6.07) is 1.45. The van der Waals surface area contributed by atoms with E-state index in [0.29, 0.717) is 24.2 Å². The molecule has 0 amide bonds. The SMILES string of the molecule is CC(=NC(C)C)[N-]C(C)C.CC(=NC(C)C)[N-]C(C)C.[Ni+2]. The Hall–Kier alpha value is -0.566. The topological polar surface area (TPSA) is 52.9 Å². The van der Waals surface area contributed by atoms with Gasteiger partial charge < -0.3 is 20.6 Å². The smallest absolute Gasteiger partial charge is 0.467 e. The van der Waals surface area contributed by atoms with Crippen molar-refractivity contribution in [1.29, 1.82) is 0 Å². The third-order valence-electron chi connectivity index (χ3n) is 1.78. The van der Waals surface area contributed by atoms with E-state index in [2.05, 4.69) is 76.0 Å². The molecule has 0 radical (unpaired) electrons. The van der Waals surface area contributed by atoms with E-state index in [1.807, 2.05) is 13.8 Å². The van der Waals surface area contributed by atoms with Gasteiger partial charge in [0.05, 0.1) is 0 Å². The molecular formula is C16H34N4Ni. The molecule has 0 aromatic rings. The molecular weight excluding hydrogens is 307 g/mol. The van der Waals surface area contributed by atoms with Gasteiger partial charge in [-0.15, -0.1) is 0 Å². The Morgan fingerprint density at radius 1 is 0.619 bits per heavy atom. The summed E-state index contributed by atoms with van der Waals surface area (Å²) in [6.45, 7) is 20.3. The van der Waals surface area contributed by atoms with Crippen molar-refractivity contribution in [3.8, 4) is 0 Å². The van der Waals surface area contributed by atoms with E-state index < -0.39 is 0 Å². The molecule has 0 saturated carbocycles. The van der Waals surface area contributed by atoms with Crippen molar-refractivity contribution in [2.45, 2.75) is 93.4 Å². The molecule has 0 rings (SSSR count). The average molecular weight is 341 g/mol. The normalized spacial score (nSPS) is 12.3. The van der Waals surface area contributed by atoms with E-state index in [4.69, 9.17) is 0 Å². The Balaban J connectivity index is -0.000000295. The molecule has 4 nitrogen and oxygen atoms in total. The molecule has 0 N–H and O–H groups in total. The summed E-state index contributed by atoms with van der Waals surface area (Å²) in [7, 11) is 0. The van der Waals surface area contributed by atoms with Gasteiger partial charge in [0.15, 0.2) is 0 Å². The molecule has 0 saturated heterocycles. The maximum absolute atomic E-state index is 4.27. The van der Waals surface area contributed by atoms with E-state index in [1.165, 1.54) is 0 Å². The van der Waals surface area contributed by atoms with Crippen molar-refractivity contribution >= 4 is 11.7 Å². The summed E-state index contributed by atoms with van der Waals surface area (Å²) in [5.74, 6) is 1.81. The summed E-state index contributed by atoms with van der Waals surface area (Å²) in [6.07, 6.45) is 0. The fraction of sp³-hybridized carbons (Fsp3) is 0.875. The quantitative estimate of drug-likeness (QED) is 0.384. The largest absolute Gasteiger partial charge is 2.00 e. The molecule has 0 bridgehead atoms. The average Bonchev–Trinajstić information content (AvgIpc) is 2.11. The zero-order valence-electron chi connectivity index (χ0n) is 15.4. The molecule has 0 aromatic heterocycles. The molecule has 128 valence electrons. The third-order valence-corrected chi connectivity index (χ3v) is 1.78. The Labute approximate surface area is 142 Å². The number of hydrogen-bond donors (Lipinski definition) is 0. The molecule has 0 spiro atoms. The van der Waals surface area contributed by atoms with Crippen molar-refractivity contribution < 1.29 is 16.5 Å². The van der Waals surface area contributed by atoms with Crippen molar-refractivity contribution in [2.75, 3.05) is 0 Å². The summed E-state index contributed by atoms with van der Waals surface area (Å²) < 4.78 is 0. The third kappa shape index (κ3) is 24.8. The van der Waals surface area contributed by atoms with Crippen molar-refractivity contribution in [3.05, 3.63) is 10.6 Å². The first-order chi connectivity index (χ1) is 9.04. The molecule has 0 heterocycles. The van der Waals surface area contributed by atoms with Crippen LogP contribution in [0.5, 0.6) is 0 Å². The van der Waals surface area contributed by atoms with Crippen LogP contribution in [0.15, 0.2) is 9.98 Å². The minimum atomic E-state index is 0. The maximum atomic E-state index is 4.27. The number of aliphatic imine (C=N–C) groups is 2. The number of rotatable bonds is 4. The van der Waals surface area contributed by atoms with E-state index in [1.54, 1.807) is 0 Å². The van der Waals surface area contributed by atoms with Crippen LogP contribution < -0.4 is 0 Å². The zero-order valence-corrected chi connectivity index (χ0v) is 16.4. The molecule has 0 aliphatic rings. The van der Waals surface area contributed by atoms with Crippen LogP contribution in [0, 0.1) is 0 Å². The van der Waals surface area contributed by atoms with Gasteiger partial charge in [-0.1, -0.05) is 67.1 Å². The first-order valence-electron chi connectivity index (χ1n) is 7.55. The van der Waals surface area contributed by atoms with Gasteiger partial charge in [-0.25, -0.2) is 0 Å². The van der Waals surface area contributed by atoms with Crippen LogP contribution in [0.2, 0.25) is 0 Å². The van der Waals surface area contributed by atoms with Crippen LogP contribution >= 0.6 is 0 Å². The maximum Gasteiger partial charge on any atom is 2.00 e. The molecule has 0 aromatic carbocycles. The molecule has 5 heteroatoms. The van der Waals surface area contributed by atoms with E-state index in [-0.39, 0.29) is 16.5 Å². The van der Waals surface area contributed by atoms with Crippen molar-refractivity contribution in [3.63, 3.8) is 0 Å². The summed E-state index contributed by atoms with van der Waals surface area (Å²) >= 11 is 0. The van der Waals surface area contributed by atoms with Crippen LogP contribution in [-0.2, 0) is 16.5 Å². The van der Waals surface area contributed by atoms with E-state index in [0.717, 1.165) is 11.7 Å². The first kappa shape index (κ1) is 25.4. The predicted molar refractivity (Wildman–Crippen MR) is 93.5 cm³/mol. The Morgan fingerprint density at radius 3 is 1.00 bits per heavy atom. The van der Waals surface area contributed by atoms with Crippen LogP contribution in [0.1, 0.15) is 69.2 Å². The van der Waals surface area contributed by atoms with E-state index >= 15 is 0 Å². The van der Waals surface area contributed by atoms with Crippen LogP contribution in [0.3, 0.4) is 0 Å². The molecule has 0 unspecified atom stereocenters. The summed E-state index contributed by atoms with van der Waals surface area (Å²) in [5, 5.41) is 8.54. The second-order valence-corrected chi connectivity index (χ2v) is 5.99. The van der Waals surface area contributed by atoms with Crippen molar-refractivity contribution in [2.24, 2.45) is 9.98 Å². The van der Waals surface area contributed by atoms with Crippen LogP contribution in [0.4, 0.5) is 0 Å².